The molecular weight excluding hydrogens is 236 g/mol. The summed E-state index contributed by atoms with van der Waals surface area (Å²) in [6, 6.07) is 2.21. The zero-order valence-electron chi connectivity index (χ0n) is 12.5. The summed E-state index contributed by atoms with van der Waals surface area (Å²) in [4.78, 5) is 2.60. The molecule has 0 atom stereocenters. The van der Waals surface area contributed by atoms with E-state index in [1.54, 1.807) is 0 Å². The van der Waals surface area contributed by atoms with Crippen molar-refractivity contribution in [2.24, 2.45) is 7.05 Å². The SMILES string of the molecule is CCc1cc(CNCCCN2CCCCC2)n(C)n1. The lowest BCUT2D eigenvalue weighted by Gasteiger charge is -2.26. The Hall–Kier alpha value is -0.870. The highest BCUT2D eigenvalue weighted by Gasteiger charge is 2.09. The van der Waals surface area contributed by atoms with Gasteiger partial charge in [0.25, 0.3) is 0 Å². The number of nitrogens with one attached hydrogen (secondary N) is 1. The zero-order valence-corrected chi connectivity index (χ0v) is 12.5. The largest absolute Gasteiger partial charge is 0.311 e. The molecule has 2 heterocycles. The van der Waals surface area contributed by atoms with Crippen LogP contribution in [0.1, 0.15) is 44.0 Å². The molecular formula is C15H28N4. The zero-order chi connectivity index (χ0) is 13.5. The van der Waals surface area contributed by atoms with Gasteiger partial charge in [-0.1, -0.05) is 13.3 Å². The highest BCUT2D eigenvalue weighted by atomic mass is 15.3. The fourth-order valence-corrected chi connectivity index (χ4v) is 2.74. The van der Waals surface area contributed by atoms with Crippen molar-refractivity contribution in [1.29, 1.82) is 0 Å². The van der Waals surface area contributed by atoms with Gasteiger partial charge in [0.05, 0.1) is 11.4 Å². The smallest absolute Gasteiger partial charge is 0.0625 e. The van der Waals surface area contributed by atoms with E-state index in [1.807, 2.05) is 11.7 Å². The maximum Gasteiger partial charge on any atom is 0.0625 e. The number of piperidine rings is 1. The first kappa shape index (κ1) is 14.5. The third-order valence-corrected chi connectivity index (χ3v) is 3.97. The van der Waals surface area contributed by atoms with Crippen molar-refractivity contribution < 1.29 is 0 Å². The van der Waals surface area contributed by atoms with Crippen molar-refractivity contribution in [2.45, 2.75) is 45.6 Å². The molecule has 0 radical (unpaired) electrons. The molecule has 1 aliphatic heterocycles. The third kappa shape index (κ3) is 4.62. The number of likely N-dealkylation sites (tertiary alicyclic amines) is 1. The van der Waals surface area contributed by atoms with E-state index in [0.717, 1.165) is 19.5 Å². The van der Waals surface area contributed by atoms with Crippen molar-refractivity contribution in [1.82, 2.24) is 20.0 Å². The van der Waals surface area contributed by atoms with Crippen LogP contribution >= 0.6 is 0 Å². The summed E-state index contributed by atoms with van der Waals surface area (Å²) < 4.78 is 2.00. The first-order chi connectivity index (χ1) is 9.29. The average Bonchev–Trinajstić information content (AvgIpc) is 2.80. The van der Waals surface area contributed by atoms with E-state index in [4.69, 9.17) is 0 Å². The highest BCUT2D eigenvalue weighted by Crippen LogP contribution is 2.08. The van der Waals surface area contributed by atoms with Gasteiger partial charge >= 0.3 is 0 Å². The number of aromatic nitrogens is 2. The number of hydrogen-bond acceptors (Lipinski definition) is 3. The molecule has 0 saturated carbocycles. The second kappa shape index (κ2) is 7.65. The standard InChI is InChI=1S/C15H28N4/c1-3-14-12-15(18(2)17-14)13-16-8-7-11-19-9-5-4-6-10-19/h12,16H,3-11,13H2,1-2H3. The number of rotatable bonds is 7. The lowest BCUT2D eigenvalue weighted by atomic mass is 10.1. The van der Waals surface area contributed by atoms with Crippen molar-refractivity contribution >= 4 is 0 Å². The molecule has 1 aromatic rings. The molecule has 4 nitrogen and oxygen atoms in total. The second-order valence-electron chi connectivity index (χ2n) is 5.54. The van der Waals surface area contributed by atoms with Gasteiger partial charge in [0.15, 0.2) is 0 Å². The molecule has 1 fully saturated rings. The van der Waals surface area contributed by atoms with Crippen molar-refractivity contribution in [3.8, 4) is 0 Å². The Bertz CT molecular complexity index is 366. The molecule has 19 heavy (non-hydrogen) atoms. The summed E-state index contributed by atoms with van der Waals surface area (Å²) in [7, 11) is 2.03. The molecule has 1 N–H and O–H groups in total. The van der Waals surface area contributed by atoms with Crippen LogP contribution in [0.4, 0.5) is 0 Å². The van der Waals surface area contributed by atoms with Crippen LogP contribution in [0.3, 0.4) is 0 Å². The monoisotopic (exact) mass is 264 g/mol. The van der Waals surface area contributed by atoms with E-state index in [0.29, 0.717) is 0 Å². The fraction of sp³-hybridized carbons (Fsp3) is 0.800. The molecule has 108 valence electrons. The molecule has 0 bridgehead atoms. The van der Waals surface area contributed by atoms with Gasteiger partial charge < -0.3 is 10.2 Å². The quantitative estimate of drug-likeness (QED) is 0.764. The maximum atomic E-state index is 4.47. The van der Waals surface area contributed by atoms with Gasteiger partial charge in [-0.2, -0.15) is 5.10 Å². The Morgan fingerprint density at radius 1 is 1.26 bits per heavy atom. The Morgan fingerprint density at radius 2 is 2.05 bits per heavy atom. The molecule has 4 heteroatoms. The van der Waals surface area contributed by atoms with Crippen LogP contribution in [0.5, 0.6) is 0 Å². The predicted octanol–water partition coefficient (Wildman–Crippen LogP) is 1.95. The first-order valence-electron chi connectivity index (χ1n) is 7.74. The molecule has 0 spiro atoms. The van der Waals surface area contributed by atoms with E-state index in [2.05, 4.69) is 28.3 Å². The summed E-state index contributed by atoms with van der Waals surface area (Å²) in [6.07, 6.45) is 6.47. The average molecular weight is 264 g/mol. The van der Waals surface area contributed by atoms with Gasteiger partial charge in [0, 0.05) is 13.6 Å². The predicted molar refractivity (Wildman–Crippen MR) is 79.2 cm³/mol. The summed E-state index contributed by atoms with van der Waals surface area (Å²) in [5.41, 5.74) is 2.47. The van der Waals surface area contributed by atoms with Crippen molar-refractivity contribution in [2.75, 3.05) is 26.2 Å². The summed E-state index contributed by atoms with van der Waals surface area (Å²) in [5, 5.41) is 8.00. The van der Waals surface area contributed by atoms with Gasteiger partial charge in [0.1, 0.15) is 0 Å². The Labute approximate surface area is 117 Å². The summed E-state index contributed by atoms with van der Waals surface area (Å²) >= 11 is 0. The number of aryl methyl sites for hydroxylation is 2. The van der Waals surface area contributed by atoms with Crippen molar-refractivity contribution in [3.05, 3.63) is 17.5 Å². The minimum atomic E-state index is 0.934. The van der Waals surface area contributed by atoms with E-state index >= 15 is 0 Å². The minimum absolute atomic E-state index is 0.934. The van der Waals surface area contributed by atoms with Gasteiger partial charge in [-0.05, 0) is 57.9 Å². The van der Waals surface area contributed by atoms with E-state index in [9.17, 15) is 0 Å². The van der Waals surface area contributed by atoms with Crippen molar-refractivity contribution in [3.63, 3.8) is 0 Å². The highest BCUT2D eigenvalue weighted by molar-refractivity contribution is 5.09. The normalized spacial score (nSPS) is 16.9. The van der Waals surface area contributed by atoms with E-state index in [-0.39, 0.29) is 0 Å². The molecule has 0 amide bonds. The van der Waals surface area contributed by atoms with Crippen LogP contribution in [-0.4, -0.2) is 40.9 Å². The third-order valence-electron chi connectivity index (χ3n) is 3.97. The topological polar surface area (TPSA) is 33.1 Å². The molecule has 0 aliphatic carbocycles. The Kier molecular flexibility index (Phi) is 5.86. The molecule has 0 unspecified atom stereocenters. The van der Waals surface area contributed by atoms with Gasteiger partial charge in [-0.3, -0.25) is 4.68 Å². The van der Waals surface area contributed by atoms with E-state index < -0.39 is 0 Å². The van der Waals surface area contributed by atoms with Gasteiger partial charge in [-0.25, -0.2) is 0 Å². The Balaban J connectivity index is 1.59. The first-order valence-corrected chi connectivity index (χ1v) is 7.74. The van der Waals surface area contributed by atoms with Crippen LogP contribution in [-0.2, 0) is 20.0 Å². The maximum absolute atomic E-state index is 4.47. The van der Waals surface area contributed by atoms with Crippen LogP contribution < -0.4 is 5.32 Å². The van der Waals surface area contributed by atoms with Crippen LogP contribution in [0, 0.1) is 0 Å². The van der Waals surface area contributed by atoms with Gasteiger partial charge in [0.2, 0.25) is 0 Å². The van der Waals surface area contributed by atoms with Crippen LogP contribution in [0.25, 0.3) is 0 Å². The minimum Gasteiger partial charge on any atom is -0.311 e. The molecule has 1 aromatic heterocycles. The second-order valence-corrected chi connectivity index (χ2v) is 5.54. The molecule has 1 aliphatic rings. The summed E-state index contributed by atoms with van der Waals surface area (Å²) in [5.74, 6) is 0. The van der Waals surface area contributed by atoms with Crippen LogP contribution in [0.2, 0.25) is 0 Å². The number of nitrogens with zero attached hydrogens (tertiary/aromatic N) is 3. The molecule has 0 aromatic carbocycles. The van der Waals surface area contributed by atoms with Crippen LogP contribution in [0.15, 0.2) is 6.07 Å². The summed E-state index contributed by atoms with van der Waals surface area (Å²) in [6.45, 7) is 8.05. The lowest BCUT2D eigenvalue weighted by molar-refractivity contribution is 0.225. The molecule has 2 rings (SSSR count). The van der Waals surface area contributed by atoms with E-state index in [1.165, 1.54) is 56.7 Å². The fourth-order valence-electron chi connectivity index (χ4n) is 2.74. The molecule has 1 saturated heterocycles. The lowest BCUT2D eigenvalue weighted by Crippen LogP contribution is -2.32. The Morgan fingerprint density at radius 3 is 2.74 bits per heavy atom. The number of hydrogen-bond donors (Lipinski definition) is 1. The van der Waals surface area contributed by atoms with Gasteiger partial charge in [-0.15, -0.1) is 0 Å².